The van der Waals surface area contributed by atoms with Crippen LogP contribution in [0.1, 0.15) is 19.8 Å². The zero-order valence-corrected chi connectivity index (χ0v) is 11.5. The Morgan fingerprint density at radius 3 is 2.70 bits per heavy atom. The number of benzene rings is 1. The fraction of sp³-hybridized carbons (Fsp3) is 0.500. The summed E-state index contributed by atoms with van der Waals surface area (Å²) in [4.78, 5) is 13.9. The van der Waals surface area contributed by atoms with Gasteiger partial charge in [0, 0.05) is 25.2 Å². The molecule has 2 aliphatic rings. The van der Waals surface area contributed by atoms with Gasteiger partial charge >= 0.3 is 6.09 Å². The van der Waals surface area contributed by atoms with E-state index < -0.39 is 6.09 Å². The van der Waals surface area contributed by atoms with E-state index >= 15 is 0 Å². The molecule has 3 rings (SSSR count). The number of amides is 1. The SMILES string of the molecule is CCOC(=O)Nc1cc2c(cc1N1CCCC1)OCO2. The number of rotatable bonds is 3. The van der Waals surface area contributed by atoms with E-state index in [9.17, 15) is 4.79 Å². The van der Waals surface area contributed by atoms with Crippen molar-refractivity contribution in [1.29, 1.82) is 0 Å². The van der Waals surface area contributed by atoms with Gasteiger partial charge in [0.2, 0.25) is 6.79 Å². The molecule has 0 spiro atoms. The molecule has 1 aromatic rings. The number of carbonyl (C=O) groups excluding carboxylic acids is 1. The highest BCUT2D eigenvalue weighted by atomic mass is 16.7. The highest BCUT2D eigenvalue weighted by Gasteiger charge is 2.23. The number of ether oxygens (including phenoxy) is 3. The fourth-order valence-corrected chi connectivity index (χ4v) is 2.53. The molecule has 1 N–H and O–H groups in total. The van der Waals surface area contributed by atoms with Crippen LogP contribution in [0.3, 0.4) is 0 Å². The normalized spacial score (nSPS) is 16.4. The van der Waals surface area contributed by atoms with Crippen LogP contribution in [0.2, 0.25) is 0 Å². The van der Waals surface area contributed by atoms with Crippen LogP contribution in [0.4, 0.5) is 16.2 Å². The van der Waals surface area contributed by atoms with Gasteiger partial charge in [0.1, 0.15) is 0 Å². The number of carbonyl (C=O) groups is 1. The van der Waals surface area contributed by atoms with E-state index in [-0.39, 0.29) is 6.79 Å². The summed E-state index contributed by atoms with van der Waals surface area (Å²) in [5.41, 5.74) is 1.66. The quantitative estimate of drug-likeness (QED) is 0.920. The van der Waals surface area contributed by atoms with Gasteiger partial charge in [-0.3, -0.25) is 5.32 Å². The molecule has 2 aliphatic heterocycles. The second-order valence-corrected chi connectivity index (χ2v) is 4.76. The third-order valence-electron chi connectivity index (χ3n) is 3.45. The van der Waals surface area contributed by atoms with Gasteiger partial charge in [0.25, 0.3) is 0 Å². The third-order valence-corrected chi connectivity index (χ3v) is 3.45. The Balaban J connectivity index is 1.90. The van der Waals surface area contributed by atoms with Gasteiger partial charge in [-0.15, -0.1) is 0 Å². The van der Waals surface area contributed by atoms with E-state index in [0.29, 0.717) is 18.0 Å². The van der Waals surface area contributed by atoms with Crippen LogP contribution in [0.25, 0.3) is 0 Å². The minimum atomic E-state index is -0.452. The molecule has 1 fully saturated rings. The smallest absolute Gasteiger partial charge is 0.411 e. The minimum absolute atomic E-state index is 0.220. The van der Waals surface area contributed by atoms with E-state index in [0.717, 1.165) is 37.4 Å². The van der Waals surface area contributed by atoms with E-state index in [1.807, 2.05) is 6.07 Å². The zero-order chi connectivity index (χ0) is 13.9. The Bertz CT molecular complexity index is 512. The Labute approximate surface area is 117 Å². The first-order chi connectivity index (χ1) is 9.78. The molecule has 0 atom stereocenters. The van der Waals surface area contributed by atoms with Gasteiger partial charge in [0.05, 0.1) is 18.0 Å². The number of anilines is 2. The van der Waals surface area contributed by atoms with Gasteiger partial charge in [-0.1, -0.05) is 0 Å². The molecule has 0 bridgehead atoms. The summed E-state index contributed by atoms with van der Waals surface area (Å²) in [6.45, 7) is 4.31. The average molecular weight is 278 g/mol. The first-order valence-corrected chi connectivity index (χ1v) is 6.90. The lowest BCUT2D eigenvalue weighted by molar-refractivity contribution is 0.168. The summed E-state index contributed by atoms with van der Waals surface area (Å²) >= 11 is 0. The molecule has 2 heterocycles. The molecule has 0 saturated carbocycles. The first-order valence-electron chi connectivity index (χ1n) is 6.90. The van der Waals surface area contributed by atoms with Gasteiger partial charge in [0.15, 0.2) is 11.5 Å². The Hall–Kier alpha value is -2.11. The lowest BCUT2D eigenvalue weighted by Gasteiger charge is -2.22. The van der Waals surface area contributed by atoms with Crippen molar-refractivity contribution < 1.29 is 19.0 Å². The van der Waals surface area contributed by atoms with Crippen LogP contribution in [-0.4, -0.2) is 32.6 Å². The fourth-order valence-electron chi connectivity index (χ4n) is 2.53. The topological polar surface area (TPSA) is 60.0 Å². The zero-order valence-electron chi connectivity index (χ0n) is 11.5. The van der Waals surface area contributed by atoms with Gasteiger partial charge < -0.3 is 19.1 Å². The third kappa shape index (κ3) is 2.45. The number of hydrogen-bond donors (Lipinski definition) is 1. The number of fused-ring (bicyclic) bond motifs is 1. The second kappa shape index (κ2) is 5.48. The van der Waals surface area contributed by atoms with Crippen molar-refractivity contribution in [3.63, 3.8) is 0 Å². The summed E-state index contributed by atoms with van der Waals surface area (Å²) in [6.07, 6.45) is 1.87. The van der Waals surface area contributed by atoms with Crippen LogP contribution < -0.4 is 19.7 Å². The van der Waals surface area contributed by atoms with Crippen LogP contribution in [-0.2, 0) is 4.74 Å². The summed E-state index contributed by atoms with van der Waals surface area (Å²) in [5.74, 6) is 1.38. The van der Waals surface area contributed by atoms with E-state index in [4.69, 9.17) is 14.2 Å². The molecule has 1 saturated heterocycles. The van der Waals surface area contributed by atoms with Crippen LogP contribution in [0, 0.1) is 0 Å². The van der Waals surface area contributed by atoms with Crippen LogP contribution in [0.5, 0.6) is 11.5 Å². The molecular formula is C14H18N2O4. The summed E-state index contributed by atoms with van der Waals surface area (Å²) in [6, 6.07) is 3.72. The lowest BCUT2D eigenvalue weighted by Crippen LogP contribution is -2.21. The van der Waals surface area contributed by atoms with Crippen LogP contribution >= 0.6 is 0 Å². The monoisotopic (exact) mass is 278 g/mol. The first kappa shape index (κ1) is 12.9. The predicted octanol–water partition coefficient (Wildman–Crippen LogP) is 2.58. The van der Waals surface area contributed by atoms with Crippen molar-refractivity contribution >= 4 is 17.5 Å². The molecule has 0 aromatic heterocycles. The van der Waals surface area contributed by atoms with Crippen molar-refractivity contribution in [2.24, 2.45) is 0 Å². The van der Waals surface area contributed by atoms with Crippen molar-refractivity contribution in [3.05, 3.63) is 12.1 Å². The largest absolute Gasteiger partial charge is 0.454 e. The second-order valence-electron chi connectivity index (χ2n) is 4.76. The molecule has 0 unspecified atom stereocenters. The highest BCUT2D eigenvalue weighted by molar-refractivity contribution is 5.91. The van der Waals surface area contributed by atoms with Crippen molar-refractivity contribution in [2.45, 2.75) is 19.8 Å². The molecule has 108 valence electrons. The standard InChI is InChI=1S/C14H18N2O4/c1-2-18-14(17)15-10-7-12-13(20-9-19-12)8-11(10)16-5-3-4-6-16/h7-8H,2-6,9H2,1H3,(H,15,17). The van der Waals surface area contributed by atoms with E-state index in [1.165, 1.54) is 0 Å². The molecule has 1 aromatic carbocycles. The Morgan fingerprint density at radius 1 is 1.30 bits per heavy atom. The van der Waals surface area contributed by atoms with Crippen molar-refractivity contribution in [3.8, 4) is 11.5 Å². The van der Waals surface area contributed by atoms with Gasteiger partial charge in [-0.25, -0.2) is 4.79 Å². The number of nitrogens with zero attached hydrogens (tertiary/aromatic N) is 1. The summed E-state index contributed by atoms with van der Waals surface area (Å²) < 4.78 is 15.7. The van der Waals surface area contributed by atoms with Crippen molar-refractivity contribution in [1.82, 2.24) is 0 Å². The van der Waals surface area contributed by atoms with Gasteiger partial charge in [-0.2, -0.15) is 0 Å². The molecule has 0 aliphatic carbocycles. The predicted molar refractivity (Wildman–Crippen MR) is 74.7 cm³/mol. The summed E-state index contributed by atoms with van der Waals surface area (Å²) in [7, 11) is 0. The molecule has 1 amide bonds. The molecular weight excluding hydrogens is 260 g/mol. The van der Waals surface area contributed by atoms with Crippen molar-refractivity contribution in [2.75, 3.05) is 36.7 Å². The maximum atomic E-state index is 11.7. The Kier molecular flexibility index (Phi) is 3.54. The molecule has 6 heteroatoms. The summed E-state index contributed by atoms with van der Waals surface area (Å²) in [5, 5.41) is 2.78. The number of hydrogen-bond acceptors (Lipinski definition) is 5. The van der Waals surface area contributed by atoms with E-state index in [1.54, 1.807) is 13.0 Å². The number of nitrogens with one attached hydrogen (secondary N) is 1. The highest BCUT2D eigenvalue weighted by Crippen LogP contribution is 2.42. The minimum Gasteiger partial charge on any atom is -0.454 e. The maximum Gasteiger partial charge on any atom is 0.411 e. The maximum absolute atomic E-state index is 11.7. The molecule has 20 heavy (non-hydrogen) atoms. The van der Waals surface area contributed by atoms with Gasteiger partial charge in [-0.05, 0) is 19.8 Å². The molecule has 6 nitrogen and oxygen atoms in total. The van der Waals surface area contributed by atoms with E-state index in [2.05, 4.69) is 10.2 Å². The van der Waals surface area contributed by atoms with Crippen LogP contribution in [0.15, 0.2) is 12.1 Å². The lowest BCUT2D eigenvalue weighted by atomic mass is 10.2. The molecule has 0 radical (unpaired) electrons. The Morgan fingerprint density at radius 2 is 2.00 bits per heavy atom. The average Bonchev–Trinajstić information content (AvgIpc) is 3.08.